The van der Waals surface area contributed by atoms with Crippen LogP contribution in [0.4, 0.5) is 11.4 Å². The highest BCUT2D eigenvalue weighted by Gasteiger charge is 2.34. The summed E-state index contributed by atoms with van der Waals surface area (Å²) in [4.78, 5) is 51.0. The van der Waals surface area contributed by atoms with E-state index in [0.717, 1.165) is 0 Å². The molecule has 8 nitrogen and oxygen atoms in total. The Bertz CT molecular complexity index is 1280. The van der Waals surface area contributed by atoms with Gasteiger partial charge in [-0.05, 0) is 48.9 Å². The number of carbonyl (C=O) groups excluding carboxylic acids is 4. The van der Waals surface area contributed by atoms with Crippen LogP contribution in [0.1, 0.15) is 43.9 Å². The Morgan fingerprint density at radius 2 is 1.55 bits per heavy atom. The van der Waals surface area contributed by atoms with Crippen molar-refractivity contribution in [2.75, 3.05) is 17.2 Å². The molecule has 0 unspecified atom stereocenters. The topological polar surface area (TPSA) is 105 Å². The number of rotatable bonds is 5. The van der Waals surface area contributed by atoms with E-state index < -0.39 is 0 Å². The minimum Gasteiger partial charge on any atom is -0.454 e. The zero-order chi connectivity index (χ0) is 22.9. The van der Waals surface area contributed by atoms with E-state index in [1.54, 1.807) is 60.7 Å². The number of imide groups is 1. The van der Waals surface area contributed by atoms with E-state index in [9.17, 15) is 19.2 Å². The second-order valence-corrected chi connectivity index (χ2v) is 7.72. The predicted octanol–water partition coefficient (Wildman–Crippen LogP) is 4.06. The number of hydrogen-bond donors (Lipinski definition) is 2. The van der Waals surface area contributed by atoms with E-state index in [1.807, 2.05) is 6.07 Å². The lowest BCUT2D eigenvalue weighted by Gasteiger charge is -2.14. The van der Waals surface area contributed by atoms with Crippen molar-refractivity contribution in [2.45, 2.75) is 12.8 Å². The van der Waals surface area contributed by atoms with Crippen molar-refractivity contribution in [2.24, 2.45) is 0 Å². The smallest absolute Gasteiger partial charge is 0.261 e. The zero-order valence-electron chi connectivity index (χ0n) is 17.5. The summed E-state index contributed by atoms with van der Waals surface area (Å²) in [6.45, 7) is 0.151. The molecule has 2 aliphatic rings. The lowest BCUT2D eigenvalue weighted by atomic mass is 10.1. The molecule has 5 rings (SSSR count). The van der Waals surface area contributed by atoms with Gasteiger partial charge in [-0.15, -0.1) is 0 Å². The van der Waals surface area contributed by atoms with Crippen LogP contribution in [0.3, 0.4) is 0 Å². The number of hydrogen-bond acceptors (Lipinski definition) is 5. The molecule has 0 saturated carbocycles. The number of carbonyl (C=O) groups is 4. The molecule has 8 heteroatoms. The fourth-order valence-electron chi connectivity index (χ4n) is 3.90. The molecule has 0 saturated heterocycles. The number of benzene rings is 3. The summed E-state index contributed by atoms with van der Waals surface area (Å²) in [5.41, 5.74) is 2.09. The maximum atomic E-state index is 12.6. The van der Waals surface area contributed by atoms with Crippen LogP contribution in [0.25, 0.3) is 0 Å². The first kappa shape index (κ1) is 20.4. The van der Waals surface area contributed by atoms with Gasteiger partial charge in [-0.3, -0.25) is 24.1 Å². The van der Waals surface area contributed by atoms with E-state index in [2.05, 4.69) is 10.6 Å². The third-order valence-corrected chi connectivity index (χ3v) is 5.53. The number of nitrogens with one attached hydrogen (secondary N) is 2. The summed E-state index contributed by atoms with van der Waals surface area (Å²) in [5, 5.41) is 5.55. The van der Waals surface area contributed by atoms with Crippen LogP contribution in [-0.4, -0.2) is 35.1 Å². The number of anilines is 2. The number of ether oxygens (including phenoxy) is 1. The quantitative estimate of drug-likeness (QED) is 0.581. The van der Waals surface area contributed by atoms with Crippen LogP contribution in [0.15, 0.2) is 66.7 Å². The molecule has 0 bridgehead atoms. The Balaban J connectivity index is 1.20. The third-order valence-electron chi connectivity index (χ3n) is 5.53. The highest BCUT2D eigenvalue weighted by molar-refractivity contribution is 6.21. The maximum absolute atomic E-state index is 12.6. The van der Waals surface area contributed by atoms with Crippen molar-refractivity contribution in [3.05, 3.63) is 83.4 Å². The molecular formula is C25H19N3O5. The fraction of sp³-hybridized carbons (Fsp3) is 0.120. The number of nitrogens with zero attached hydrogens (tertiary/aromatic N) is 1. The van der Waals surface area contributed by atoms with Gasteiger partial charge in [0.15, 0.2) is 5.75 Å². The summed E-state index contributed by atoms with van der Waals surface area (Å²) in [7, 11) is 0. The number of amides is 4. The van der Waals surface area contributed by atoms with E-state index in [0.29, 0.717) is 46.0 Å². The van der Waals surface area contributed by atoms with Crippen LogP contribution in [0.2, 0.25) is 0 Å². The lowest BCUT2D eigenvalue weighted by Crippen LogP contribution is -2.31. The summed E-state index contributed by atoms with van der Waals surface area (Å²) in [6.07, 6.45) is 0.430. The van der Waals surface area contributed by atoms with Crippen LogP contribution < -0.4 is 15.4 Å². The molecule has 2 aliphatic heterocycles. The monoisotopic (exact) mass is 441 g/mol. The number of fused-ring (bicyclic) bond motifs is 3. The van der Waals surface area contributed by atoms with Crippen molar-refractivity contribution in [3.63, 3.8) is 0 Å². The average molecular weight is 441 g/mol. The average Bonchev–Trinajstić information content (AvgIpc) is 2.96. The van der Waals surface area contributed by atoms with E-state index in [-0.39, 0.29) is 36.6 Å². The number of para-hydroxylation sites is 2. The summed E-state index contributed by atoms with van der Waals surface area (Å²) in [5.74, 6) is -0.375. The summed E-state index contributed by atoms with van der Waals surface area (Å²) >= 11 is 0. The maximum Gasteiger partial charge on any atom is 0.261 e. The van der Waals surface area contributed by atoms with Gasteiger partial charge in [0.1, 0.15) is 5.75 Å². The molecule has 0 fully saturated rings. The molecule has 3 aromatic carbocycles. The van der Waals surface area contributed by atoms with Gasteiger partial charge in [0.25, 0.3) is 17.7 Å². The van der Waals surface area contributed by atoms with Gasteiger partial charge in [0.2, 0.25) is 5.91 Å². The zero-order valence-corrected chi connectivity index (χ0v) is 17.5. The van der Waals surface area contributed by atoms with Crippen LogP contribution in [0, 0.1) is 0 Å². The molecule has 4 amide bonds. The minimum atomic E-state index is -0.339. The Morgan fingerprint density at radius 3 is 2.30 bits per heavy atom. The minimum absolute atomic E-state index is 0.110. The molecule has 2 N–H and O–H groups in total. The Hall–Kier alpha value is -4.46. The van der Waals surface area contributed by atoms with Crippen molar-refractivity contribution in [3.8, 4) is 11.5 Å². The first-order chi connectivity index (χ1) is 16.0. The molecule has 0 atom stereocenters. The molecule has 0 spiro atoms. The van der Waals surface area contributed by atoms with E-state index in [4.69, 9.17) is 4.74 Å². The second kappa shape index (κ2) is 8.23. The van der Waals surface area contributed by atoms with Gasteiger partial charge < -0.3 is 15.4 Å². The van der Waals surface area contributed by atoms with Gasteiger partial charge in [-0.2, -0.15) is 0 Å². The predicted molar refractivity (Wildman–Crippen MR) is 121 cm³/mol. The van der Waals surface area contributed by atoms with Gasteiger partial charge in [-0.25, -0.2) is 0 Å². The van der Waals surface area contributed by atoms with Crippen LogP contribution >= 0.6 is 0 Å². The van der Waals surface area contributed by atoms with Gasteiger partial charge in [-0.1, -0.05) is 24.3 Å². The molecule has 164 valence electrons. The van der Waals surface area contributed by atoms with Crippen molar-refractivity contribution in [1.29, 1.82) is 0 Å². The van der Waals surface area contributed by atoms with E-state index in [1.165, 1.54) is 4.90 Å². The molecule has 0 aliphatic carbocycles. The molecule has 33 heavy (non-hydrogen) atoms. The van der Waals surface area contributed by atoms with Crippen molar-refractivity contribution in [1.82, 2.24) is 4.90 Å². The Labute approximate surface area is 189 Å². The highest BCUT2D eigenvalue weighted by Crippen LogP contribution is 2.36. The summed E-state index contributed by atoms with van der Waals surface area (Å²) < 4.78 is 5.84. The highest BCUT2D eigenvalue weighted by atomic mass is 16.5. The molecule has 3 aromatic rings. The molecular weight excluding hydrogens is 422 g/mol. The normalized spacial score (nSPS) is 13.9. The van der Waals surface area contributed by atoms with Gasteiger partial charge in [0, 0.05) is 18.7 Å². The third kappa shape index (κ3) is 3.82. The Kier molecular flexibility index (Phi) is 5.10. The SMILES string of the molecule is O=C(CCCN1C(=O)c2ccccc2C1=O)Nc1ccc2c(c1)C(=O)Nc1ccccc1O2. The lowest BCUT2D eigenvalue weighted by molar-refractivity contribution is -0.116. The summed E-state index contributed by atoms with van der Waals surface area (Å²) in [6, 6.07) is 18.6. The van der Waals surface area contributed by atoms with Gasteiger partial charge in [0.05, 0.1) is 22.4 Å². The van der Waals surface area contributed by atoms with Crippen LogP contribution in [0.5, 0.6) is 11.5 Å². The second-order valence-electron chi connectivity index (χ2n) is 7.72. The Morgan fingerprint density at radius 1 is 0.848 bits per heavy atom. The first-order valence-corrected chi connectivity index (χ1v) is 10.5. The van der Waals surface area contributed by atoms with Crippen molar-refractivity contribution >= 4 is 35.0 Å². The fourth-order valence-corrected chi connectivity index (χ4v) is 3.90. The standard InChI is InChI=1S/C25H19N3O5/c29-22(10-5-13-28-24(31)16-6-1-2-7-17(16)25(28)32)26-15-11-12-20-18(14-15)23(30)27-19-8-3-4-9-21(19)33-20/h1-4,6-9,11-12,14H,5,10,13H2,(H,26,29)(H,27,30). The first-order valence-electron chi connectivity index (χ1n) is 10.5. The van der Waals surface area contributed by atoms with Crippen LogP contribution in [-0.2, 0) is 4.79 Å². The molecule has 0 radical (unpaired) electrons. The largest absolute Gasteiger partial charge is 0.454 e. The molecule has 2 heterocycles. The van der Waals surface area contributed by atoms with Gasteiger partial charge >= 0.3 is 0 Å². The van der Waals surface area contributed by atoms with E-state index >= 15 is 0 Å². The van der Waals surface area contributed by atoms with Crippen molar-refractivity contribution < 1.29 is 23.9 Å². The molecule has 0 aromatic heterocycles.